The van der Waals surface area contributed by atoms with Crippen LogP contribution in [0.25, 0.3) is 0 Å². The van der Waals surface area contributed by atoms with Crippen LogP contribution in [0, 0.1) is 17.3 Å². The fraction of sp³-hybridized carbons (Fsp3) is 0.938. The lowest BCUT2D eigenvalue weighted by Gasteiger charge is -2.36. The standard InChI is InChI=1S/C16H29NO2/c1-12(2)10-16(7-4-5-8-16)15(19)17-9-6-13(3)14(17)11-18/h12-14,18H,4-11H2,1-3H3. The average molecular weight is 267 g/mol. The summed E-state index contributed by atoms with van der Waals surface area (Å²) < 4.78 is 0. The number of carbonyl (C=O) groups excluding carboxylic acids is 1. The lowest BCUT2D eigenvalue weighted by atomic mass is 9.77. The molecule has 1 heterocycles. The van der Waals surface area contributed by atoms with Crippen LogP contribution in [-0.4, -0.2) is 35.1 Å². The number of carbonyl (C=O) groups is 1. The summed E-state index contributed by atoms with van der Waals surface area (Å²) in [7, 11) is 0. The minimum atomic E-state index is -0.119. The van der Waals surface area contributed by atoms with Crippen LogP contribution >= 0.6 is 0 Å². The van der Waals surface area contributed by atoms with E-state index in [1.165, 1.54) is 12.8 Å². The Morgan fingerprint density at radius 1 is 1.37 bits per heavy atom. The topological polar surface area (TPSA) is 40.5 Å². The Hall–Kier alpha value is -0.570. The Bertz CT molecular complexity index is 321. The van der Waals surface area contributed by atoms with Gasteiger partial charge in [-0.3, -0.25) is 4.79 Å². The number of amides is 1. The van der Waals surface area contributed by atoms with Gasteiger partial charge in [-0.1, -0.05) is 33.6 Å². The molecule has 0 aromatic heterocycles. The maximum atomic E-state index is 13.0. The summed E-state index contributed by atoms with van der Waals surface area (Å²) in [5.41, 5.74) is -0.119. The second-order valence-electron chi connectivity index (χ2n) is 7.10. The highest BCUT2D eigenvalue weighted by molar-refractivity contribution is 5.83. The molecule has 0 radical (unpaired) electrons. The zero-order chi connectivity index (χ0) is 14.0. The molecule has 1 aliphatic heterocycles. The van der Waals surface area contributed by atoms with Crippen molar-refractivity contribution in [3.8, 4) is 0 Å². The van der Waals surface area contributed by atoms with Gasteiger partial charge in [-0.25, -0.2) is 0 Å². The van der Waals surface area contributed by atoms with Crippen molar-refractivity contribution in [1.29, 1.82) is 0 Å². The number of hydrogen-bond acceptors (Lipinski definition) is 2. The molecule has 19 heavy (non-hydrogen) atoms. The summed E-state index contributed by atoms with van der Waals surface area (Å²) >= 11 is 0. The summed E-state index contributed by atoms with van der Waals surface area (Å²) in [5, 5.41) is 9.57. The number of aliphatic hydroxyl groups excluding tert-OH is 1. The van der Waals surface area contributed by atoms with Gasteiger partial charge in [0.15, 0.2) is 0 Å². The van der Waals surface area contributed by atoms with E-state index in [1.54, 1.807) is 0 Å². The molecule has 1 aliphatic carbocycles. The van der Waals surface area contributed by atoms with Gasteiger partial charge >= 0.3 is 0 Å². The highest BCUT2D eigenvalue weighted by Crippen LogP contribution is 2.46. The third-order valence-corrected chi connectivity index (χ3v) is 5.14. The van der Waals surface area contributed by atoms with Crippen LogP contribution in [0.5, 0.6) is 0 Å². The first-order valence-electron chi connectivity index (χ1n) is 7.92. The molecule has 0 aromatic carbocycles. The third-order valence-electron chi connectivity index (χ3n) is 5.14. The van der Waals surface area contributed by atoms with E-state index >= 15 is 0 Å². The van der Waals surface area contributed by atoms with Gasteiger partial charge in [0.25, 0.3) is 0 Å². The Morgan fingerprint density at radius 2 is 2.00 bits per heavy atom. The van der Waals surface area contributed by atoms with Crippen molar-refractivity contribution in [1.82, 2.24) is 4.90 Å². The Balaban J connectivity index is 2.16. The molecule has 1 N–H and O–H groups in total. The highest BCUT2D eigenvalue weighted by Gasteiger charge is 2.47. The molecule has 3 nitrogen and oxygen atoms in total. The minimum Gasteiger partial charge on any atom is -0.394 e. The van der Waals surface area contributed by atoms with Gasteiger partial charge in [0.05, 0.1) is 12.6 Å². The van der Waals surface area contributed by atoms with Gasteiger partial charge in [0.1, 0.15) is 0 Å². The van der Waals surface area contributed by atoms with Gasteiger partial charge in [-0.05, 0) is 37.5 Å². The largest absolute Gasteiger partial charge is 0.394 e. The first kappa shape index (κ1) is 14.8. The monoisotopic (exact) mass is 267 g/mol. The van der Waals surface area contributed by atoms with E-state index < -0.39 is 0 Å². The summed E-state index contributed by atoms with van der Waals surface area (Å²) in [6.45, 7) is 7.53. The molecule has 1 amide bonds. The molecule has 1 saturated heterocycles. The molecule has 2 aliphatic rings. The zero-order valence-corrected chi connectivity index (χ0v) is 12.7. The second-order valence-corrected chi connectivity index (χ2v) is 7.10. The predicted molar refractivity (Wildman–Crippen MR) is 76.7 cm³/mol. The second kappa shape index (κ2) is 5.82. The molecule has 2 unspecified atom stereocenters. The van der Waals surface area contributed by atoms with Gasteiger partial charge in [0, 0.05) is 12.0 Å². The van der Waals surface area contributed by atoms with E-state index in [2.05, 4.69) is 20.8 Å². The van der Waals surface area contributed by atoms with Crippen LogP contribution in [0.15, 0.2) is 0 Å². The quantitative estimate of drug-likeness (QED) is 0.851. The van der Waals surface area contributed by atoms with Gasteiger partial charge < -0.3 is 10.0 Å². The van der Waals surface area contributed by atoms with Crippen LogP contribution < -0.4 is 0 Å². The van der Waals surface area contributed by atoms with E-state index in [4.69, 9.17) is 0 Å². The van der Waals surface area contributed by atoms with E-state index in [-0.39, 0.29) is 18.1 Å². The van der Waals surface area contributed by atoms with Crippen molar-refractivity contribution in [3.05, 3.63) is 0 Å². The number of likely N-dealkylation sites (tertiary alicyclic amines) is 1. The van der Waals surface area contributed by atoms with E-state index in [0.29, 0.717) is 17.7 Å². The molecule has 0 aromatic rings. The number of hydrogen-bond donors (Lipinski definition) is 1. The van der Waals surface area contributed by atoms with Crippen molar-refractivity contribution < 1.29 is 9.90 Å². The summed E-state index contributed by atoms with van der Waals surface area (Å²) in [5.74, 6) is 1.34. The summed E-state index contributed by atoms with van der Waals surface area (Å²) in [6.07, 6.45) is 6.51. The maximum Gasteiger partial charge on any atom is 0.229 e. The molecule has 110 valence electrons. The van der Waals surface area contributed by atoms with Crippen molar-refractivity contribution in [2.75, 3.05) is 13.2 Å². The first-order valence-corrected chi connectivity index (χ1v) is 7.92. The van der Waals surface area contributed by atoms with Gasteiger partial charge in [0.2, 0.25) is 5.91 Å². The Kier molecular flexibility index (Phi) is 4.54. The predicted octanol–water partition coefficient (Wildman–Crippen LogP) is 2.82. The normalized spacial score (nSPS) is 30.3. The smallest absolute Gasteiger partial charge is 0.229 e. The molecule has 0 spiro atoms. The summed E-state index contributed by atoms with van der Waals surface area (Å²) in [6, 6.07) is 0.0529. The fourth-order valence-corrected chi connectivity index (χ4v) is 4.18. The molecule has 2 rings (SSSR count). The van der Waals surface area contributed by atoms with Gasteiger partial charge in [-0.15, -0.1) is 0 Å². The van der Waals surface area contributed by atoms with Crippen LogP contribution in [0.1, 0.15) is 59.3 Å². The van der Waals surface area contributed by atoms with Crippen molar-refractivity contribution in [3.63, 3.8) is 0 Å². The molecule has 3 heteroatoms. The molecule has 0 bridgehead atoms. The molecule has 1 saturated carbocycles. The van der Waals surface area contributed by atoms with Gasteiger partial charge in [-0.2, -0.15) is 0 Å². The zero-order valence-electron chi connectivity index (χ0n) is 12.7. The number of rotatable bonds is 4. The summed E-state index contributed by atoms with van der Waals surface area (Å²) in [4.78, 5) is 15.0. The Labute approximate surface area is 117 Å². The minimum absolute atomic E-state index is 0.0529. The van der Waals surface area contributed by atoms with E-state index in [0.717, 1.165) is 32.2 Å². The fourth-order valence-electron chi connectivity index (χ4n) is 4.18. The van der Waals surface area contributed by atoms with Crippen LogP contribution in [0.3, 0.4) is 0 Å². The average Bonchev–Trinajstić information content (AvgIpc) is 2.95. The van der Waals surface area contributed by atoms with Crippen LogP contribution in [-0.2, 0) is 4.79 Å². The molecular formula is C16H29NO2. The lowest BCUT2D eigenvalue weighted by molar-refractivity contribution is -0.145. The van der Waals surface area contributed by atoms with E-state index in [1.807, 2.05) is 4.90 Å². The third kappa shape index (κ3) is 2.81. The van der Waals surface area contributed by atoms with Crippen LogP contribution in [0.4, 0.5) is 0 Å². The van der Waals surface area contributed by atoms with Crippen molar-refractivity contribution in [2.24, 2.45) is 17.3 Å². The molecular weight excluding hydrogens is 238 g/mol. The Morgan fingerprint density at radius 3 is 2.53 bits per heavy atom. The van der Waals surface area contributed by atoms with Crippen LogP contribution in [0.2, 0.25) is 0 Å². The maximum absolute atomic E-state index is 13.0. The number of aliphatic hydroxyl groups is 1. The lowest BCUT2D eigenvalue weighted by Crippen LogP contribution is -2.47. The molecule has 2 atom stereocenters. The highest BCUT2D eigenvalue weighted by atomic mass is 16.3. The molecule has 2 fully saturated rings. The SMILES string of the molecule is CC(C)CC1(C(=O)N2CCC(C)C2CO)CCCC1. The number of nitrogens with zero attached hydrogens (tertiary/aromatic N) is 1. The first-order chi connectivity index (χ1) is 9.00. The van der Waals surface area contributed by atoms with E-state index in [9.17, 15) is 9.90 Å². The van der Waals surface area contributed by atoms with Crippen molar-refractivity contribution >= 4 is 5.91 Å². The van der Waals surface area contributed by atoms with Crippen molar-refractivity contribution in [2.45, 2.75) is 65.3 Å².